The average molecular weight is 552 g/mol. The number of aryl methyl sites for hydroxylation is 1. The van der Waals surface area contributed by atoms with Crippen LogP contribution < -0.4 is 10.1 Å². The molecular formula is C30H35BrN2O3. The van der Waals surface area contributed by atoms with Gasteiger partial charge in [0.05, 0.1) is 4.47 Å². The van der Waals surface area contributed by atoms with Crippen LogP contribution in [0.15, 0.2) is 77.3 Å². The molecule has 0 aliphatic carbocycles. The van der Waals surface area contributed by atoms with E-state index in [0.717, 1.165) is 21.2 Å². The highest BCUT2D eigenvalue weighted by Gasteiger charge is 2.30. The first-order valence-electron chi connectivity index (χ1n) is 12.4. The van der Waals surface area contributed by atoms with Crippen LogP contribution in [0.1, 0.15) is 48.9 Å². The Kier molecular flexibility index (Phi) is 10.1. The minimum atomic E-state index is -0.671. The highest BCUT2D eigenvalue weighted by molar-refractivity contribution is 9.10. The molecule has 0 aliphatic rings. The van der Waals surface area contributed by atoms with Gasteiger partial charge in [0.1, 0.15) is 11.8 Å². The van der Waals surface area contributed by atoms with E-state index in [4.69, 9.17) is 4.74 Å². The first-order chi connectivity index (χ1) is 17.3. The van der Waals surface area contributed by atoms with Crippen LogP contribution in [0.25, 0.3) is 0 Å². The molecule has 5 nitrogen and oxygen atoms in total. The lowest BCUT2D eigenvalue weighted by molar-refractivity contribution is -0.142. The van der Waals surface area contributed by atoms with Crippen molar-refractivity contribution in [2.45, 2.75) is 52.6 Å². The summed E-state index contributed by atoms with van der Waals surface area (Å²) in [6, 6.07) is 22.9. The third-order valence-electron chi connectivity index (χ3n) is 6.20. The molecular weight excluding hydrogens is 516 g/mol. The molecule has 0 bridgehead atoms. The zero-order valence-corrected chi connectivity index (χ0v) is 23.0. The van der Waals surface area contributed by atoms with E-state index in [0.29, 0.717) is 31.2 Å². The van der Waals surface area contributed by atoms with E-state index < -0.39 is 6.04 Å². The van der Waals surface area contributed by atoms with E-state index in [1.54, 1.807) is 4.90 Å². The summed E-state index contributed by atoms with van der Waals surface area (Å²) in [5.41, 5.74) is 4.23. The van der Waals surface area contributed by atoms with Crippen molar-refractivity contribution in [3.05, 3.63) is 99.5 Å². The van der Waals surface area contributed by atoms with Gasteiger partial charge in [0.25, 0.3) is 5.91 Å². The number of likely N-dealkylation sites (N-methyl/N-ethyl adjacent to an activating group) is 1. The van der Waals surface area contributed by atoms with Gasteiger partial charge in [-0.05, 0) is 70.1 Å². The highest BCUT2D eigenvalue weighted by Crippen LogP contribution is 2.29. The molecule has 1 atom stereocenters. The molecule has 0 aromatic heterocycles. The SMILES string of the molecule is CCNC(=O)[C@H](Cc1ccccc1)N(Cc1ccccc1C)C(=O)COc1ccc(C(C)C)cc1Br. The lowest BCUT2D eigenvalue weighted by Crippen LogP contribution is -2.51. The van der Waals surface area contributed by atoms with Gasteiger partial charge in [0.15, 0.2) is 6.61 Å². The second kappa shape index (κ2) is 13.3. The maximum atomic E-state index is 13.7. The molecule has 0 saturated carbocycles. The van der Waals surface area contributed by atoms with Crippen LogP contribution in [-0.2, 0) is 22.6 Å². The predicted octanol–water partition coefficient (Wildman–Crippen LogP) is 6.04. The van der Waals surface area contributed by atoms with Gasteiger partial charge < -0.3 is 15.0 Å². The second-order valence-corrected chi connectivity index (χ2v) is 10.0. The van der Waals surface area contributed by atoms with E-state index in [1.807, 2.05) is 86.6 Å². The fourth-order valence-corrected chi connectivity index (χ4v) is 4.54. The number of rotatable bonds is 11. The van der Waals surface area contributed by atoms with Crippen molar-refractivity contribution in [3.63, 3.8) is 0 Å². The van der Waals surface area contributed by atoms with Crippen molar-refractivity contribution in [2.75, 3.05) is 13.2 Å². The molecule has 0 fully saturated rings. The van der Waals surface area contributed by atoms with Crippen LogP contribution in [0.2, 0.25) is 0 Å². The topological polar surface area (TPSA) is 58.6 Å². The third kappa shape index (κ3) is 7.44. The van der Waals surface area contributed by atoms with Crippen LogP contribution in [0.3, 0.4) is 0 Å². The summed E-state index contributed by atoms with van der Waals surface area (Å²) < 4.78 is 6.75. The first-order valence-corrected chi connectivity index (χ1v) is 13.2. The van der Waals surface area contributed by atoms with E-state index in [9.17, 15) is 9.59 Å². The van der Waals surface area contributed by atoms with E-state index in [2.05, 4.69) is 35.1 Å². The number of benzene rings is 3. The summed E-state index contributed by atoms with van der Waals surface area (Å²) in [6.45, 7) is 8.79. The van der Waals surface area contributed by atoms with Crippen LogP contribution in [0, 0.1) is 6.92 Å². The molecule has 3 aromatic carbocycles. The van der Waals surface area contributed by atoms with E-state index in [1.165, 1.54) is 5.56 Å². The zero-order chi connectivity index (χ0) is 26.1. The van der Waals surface area contributed by atoms with Gasteiger partial charge in [0.2, 0.25) is 5.91 Å². The number of hydrogen-bond acceptors (Lipinski definition) is 3. The van der Waals surface area contributed by atoms with Gasteiger partial charge in [-0.3, -0.25) is 9.59 Å². The Morgan fingerprint density at radius 3 is 2.33 bits per heavy atom. The summed E-state index contributed by atoms with van der Waals surface area (Å²) in [7, 11) is 0. The largest absolute Gasteiger partial charge is 0.483 e. The molecule has 2 amide bonds. The number of amides is 2. The number of ether oxygens (including phenoxy) is 1. The van der Waals surface area contributed by atoms with Crippen LogP contribution >= 0.6 is 15.9 Å². The number of hydrogen-bond donors (Lipinski definition) is 1. The van der Waals surface area contributed by atoms with Crippen molar-refractivity contribution < 1.29 is 14.3 Å². The number of nitrogens with zero attached hydrogens (tertiary/aromatic N) is 1. The minimum Gasteiger partial charge on any atom is -0.483 e. The average Bonchev–Trinajstić information content (AvgIpc) is 2.87. The Morgan fingerprint density at radius 2 is 1.69 bits per heavy atom. The molecule has 3 rings (SSSR count). The Labute approximate surface area is 223 Å². The molecule has 36 heavy (non-hydrogen) atoms. The molecule has 0 spiro atoms. The fraction of sp³-hybridized carbons (Fsp3) is 0.333. The molecule has 0 heterocycles. The summed E-state index contributed by atoms with van der Waals surface area (Å²) in [5.74, 6) is 0.564. The van der Waals surface area contributed by atoms with Gasteiger partial charge in [-0.25, -0.2) is 0 Å². The predicted molar refractivity (Wildman–Crippen MR) is 148 cm³/mol. The van der Waals surface area contributed by atoms with Gasteiger partial charge in [0, 0.05) is 19.5 Å². The first kappa shape index (κ1) is 27.5. The molecule has 3 aromatic rings. The van der Waals surface area contributed by atoms with Crippen molar-refractivity contribution in [2.24, 2.45) is 0 Å². The molecule has 1 N–H and O–H groups in total. The molecule has 0 unspecified atom stereocenters. The molecule has 190 valence electrons. The molecule has 0 radical (unpaired) electrons. The van der Waals surface area contributed by atoms with Crippen molar-refractivity contribution in [1.82, 2.24) is 10.2 Å². The Bertz CT molecular complexity index is 1160. The monoisotopic (exact) mass is 550 g/mol. The van der Waals surface area contributed by atoms with E-state index >= 15 is 0 Å². The molecule has 0 aliphatic heterocycles. The normalized spacial score (nSPS) is 11.7. The number of nitrogens with one attached hydrogen (secondary N) is 1. The lowest BCUT2D eigenvalue weighted by atomic mass is 10.0. The second-order valence-electron chi connectivity index (χ2n) is 9.18. The zero-order valence-electron chi connectivity index (χ0n) is 21.5. The fourth-order valence-electron chi connectivity index (χ4n) is 4.03. The smallest absolute Gasteiger partial charge is 0.261 e. The summed E-state index contributed by atoms with van der Waals surface area (Å²) >= 11 is 3.57. The summed E-state index contributed by atoms with van der Waals surface area (Å²) in [6.07, 6.45) is 0.414. The molecule has 0 saturated heterocycles. The number of carbonyl (C=O) groups is 2. The standard InChI is InChI=1S/C30H35BrN2O3/c1-5-32-30(35)27(17-23-12-7-6-8-13-23)33(19-25-14-10-9-11-22(25)4)29(34)20-36-28-16-15-24(21(2)3)18-26(28)31/h6-16,18,21,27H,5,17,19-20H2,1-4H3,(H,32,35)/t27-/m0/s1. The van der Waals surface area contributed by atoms with Crippen LogP contribution in [-0.4, -0.2) is 35.9 Å². The Morgan fingerprint density at radius 1 is 1.00 bits per heavy atom. The third-order valence-corrected chi connectivity index (χ3v) is 6.82. The summed E-state index contributed by atoms with van der Waals surface area (Å²) in [4.78, 5) is 28.6. The van der Waals surface area contributed by atoms with Gasteiger partial charge in [-0.1, -0.05) is 74.5 Å². The molecule has 6 heteroatoms. The number of carbonyl (C=O) groups excluding carboxylic acids is 2. The Hall–Kier alpha value is -3.12. The van der Waals surface area contributed by atoms with Crippen molar-refractivity contribution >= 4 is 27.7 Å². The van der Waals surface area contributed by atoms with Crippen LogP contribution in [0.5, 0.6) is 5.75 Å². The summed E-state index contributed by atoms with van der Waals surface area (Å²) in [5, 5.41) is 2.92. The van der Waals surface area contributed by atoms with Gasteiger partial charge in [-0.2, -0.15) is 0 Å². The van der Waals surface area contributed by atoms with Crippen molar-refractivity contribution in [3.8, 4) is 5.75 Å². The van der Waals surface area contributed by atoms with Gasteiger partial charge >= 0.3 is 0 Å². The maximum absolute atomic E-state index is 13.7. The number of halogens is 1. The maximum Gasteiger partial charge on any atom is 0.261 e. The van der Waals surface area contributed by atoms with E-state index in [-0.39, 0.29) is 18.4 Å². The van der Waals surface area contributed by atoms with Crippen LogP contribution in [0.4, 0.5) is 0 Å². The van der Waals surface area contributed by atoms with Gasteiger partial charge in [-0.15, -0.1) is 0 Å². The Balaban J connectivity index is 1.89. The highest BCUT2D eigenvalue weighted by atomic mass is 79.9. The van der Waals surface area contributed by atoms with Crippen molar-refractivity contribution in [1.29, 1.82) is 0 Å². The quantitative estimate of drug-likeness (QED) is 0.316. The minimum absolute atomic E-state index is 0.170. The lowest BCUT2D eigenvalue weighted by Gasteiger charge is -2.32.